The van der Waals surface area contributed by atoms with Crippen LogP contribution in [0.2, 0.25) is 0 Å². The number of alkyl halides is 2. The fourth-order valence-electron chi connectivity index (χ4n) is 9.14. The second-order valence-electron chi connectivity index (χ2n) is 18.0. The Morgan fingerprint density at radius 3 is 1.53 bits per heavy atom. The molecule has 6 aromatic rings. The molecule has 0 saturated carbocycles. The minimum atomic E-state index is -1.79. The summed E-state index contributed by atoms with van der Waals surface area (Å²) in [6.07, 6.45) is -9.42. The molecule has 2 fully saturated rings. The molecule has 2 aromatic carbocycles. The fraction of sp³-hybridized carbons (Fsp3) is 0.360. The van der Waals surface area contributed by atoms with E-state index in [-0.39, 0.29) is 89.6 Å². The number of aliphatic hydroxyl groups is 4. The van der Waals surface area contributed by atoms with Crippen LogP contribution in [0.4, 0.5) is 35.1 Å². The van der Waals surface area contributed by atoms with Crippen molar-refractivity contribution in [2.75, 3.05) is 57.8 Å². The number of pyridine rings is 2. The third kappa shape index (κ3) is 11.2. The number of aromatic nitrogens is 6. The first-order valence-corrected chi connectivity index (χ1v) is 23.8. The van der Waals surface area contributed by atoms with Crippen molar-refractivity contribution in [3.63, 3.8) is 0 Å². The highest BCUT2D eigenvalue weighted by atomic mass is 19.1. The van der Waals surface area contributed by atoms with Crippen LogP contribution in [0.15, 0.2) is 76.7 Å². The third-order valence-electron chi connectivity index (χ3n) is 12.9. The number of nitrogen functional groups attached to an aromatic ring is 3. The predicted molar refractivity (Wildman–Crippen MR) is 267 cm³/mol. The van der Waals surface area contributed by atoms with E-state index in [2.05, 4.69) is 50.8 Å². The lowest BCUT2D eigenvalue weighted by Gasteiger charge is -2.29. The Morgan fingerprint density at radius 1 is 0.610 bits per heavy atom. The number of nitrogens with two attached hydrogens (primary N) is 3. The Balaban J connectivity index is 0.000000188. The molecule has 77 heavy (non-hydrogen) atoms. The molecule has 27 heteroatoms. The summed E-state index contributed by atoms with van der Waals surface area (Å²) in [6.45, 7) is 2.90. The Labute approximate surface area is 436 Å². The highest BCUT2D eigenvalue weighted by molar-refractivity contribution is 6.02. The average Bonchev–Trinajstić information content (AvgIpc) is 3.95. The molecule has 4 aromatic heterocycles. The van der Waals surface area contributed by atoms with Crippen LogP contribution in [0.3, 0.4) is 0 Å². The number of halogens is 4. The van der Waals surface area contributed by atoms with E-state index in [4.69, 9.17) is 45.8 Å². The average molecular weight is 1070 g/mol. The maximum absolute atomic E-state index is 16.2. The van der Waals surface area contributed by atoms with E-state index in [9.17, 15) is 29.2 Å². The largest absolute Gasteiger partial charge is 0.481 e. The number of methoxy groups -OCH3 is 2. The first kappa shape index (κ1) is 54.0. The van der Waals surface area contributed by atoms with Crippen molar-refractivity contribution in [2.45, 2.75) is 74.9 Å². The van der Waals surface area contributed by atoms with Crippen LogP contribution in [0.25, 0.3) is 22.5 Å². The number of amidine groups is 2. The molecule has 4 aliphatic rings. The van der Waals surface area contributed by atoms with Crippen LogP contribution in [0.1, 0.15) is 69.5 Å². The van der Waals surface area contributed by atoms with E-state index in [1.807, 2.05) is 0 Å². The molecular formula is C50H53F4N13O10. The molecule has 2 saturated heterocycles. The second kappa shape index (κ2) is 22.8. The second-order valence-corrected chi connectivity index (χ2v) is 18.0. The lowest BCUT2D eigenvalue weighted by molar-refractivity contribution is -0.0458. The summed E-state index contributed by atoms with van der Waals surface area (Å²) in [6, 6.07) is 13.4. The number of aliphatic hydroxyl groups excluding tert-OH is 4. The number of anilines is 3. The van der Waals surface area contributed by atoms with Gasteiger partial charge in [0.2, 0.25) is 23.7 Å². The minimum absolute atomic E-state index is 0.0115. The van der Waals surface area contributed by atoms with Crippen molar-refractivity contribution in [2.24, 2.45) is 9.98 Å². The quantitative estimate of drug-likeness (QED) is 0.0628. The Hall–Kier alpha value is -7.76. The molecule has 0 radical (unpaired) electrons. The van der Waals surface area contributed by atoms with Gasteiger partial charge in [-0.1, -0.05) is 18.2 Å². The number of rotatable bonds is 12. The molecular weight excluding hydrogens is 1020 g/mol. The van der Waals surface area contributed by atoms with Gasteiger partial charge < -0.3 is 56.6 Å². The summed E-state index contributed by atoms with van der Waals surface area (Å²) in [4.78, 5) is 45.4. The van der Waals surface area contributed by atoms with Gasteiger partial charge in [-0.25, -0.2) is 58.4 Å². The van der Waals surface area contributed by atoms with Crippen molar-refractivity contribution in [1.29, 1.82) is 0 Å². The summed E-state index contributed by atoms with van der Waals surface area (Å²) >= 11 is 0. The molecule has 23 nitrogen and oxygen atoms in total. The van der Waals surface area contributed by atoms with Gasteiger partial charge in [0.25, 0.3) is 0 Å². The monoisotopic (exact) mass is 1070 g/mol. The van der Waals surface area contributed by atoms with Crippen LogP contribution in [0, 0.1) is 25.5 Å². The van der Waals surface area contributed by atoms with Crippen molar-refractivity contribution < 1.29 is 66.6 Å². The van der Waals surface area contributed by atoms with E-state index in [0.717, 1.165) is 0 Å². The number of benzene rings is 2. The summed E-state index contributed by atoms with van der Waals surface area (Å²) in [5.41, 5.74) is 26.3. The minimum Gasteiger partial charge on any atom is -0.481 e. The number of hydroxylamine groups is 2. The molecule has 0 bridgehead atoms. The fourth-order valence-corrected chi connectivity index (χ4v) is 9.14. The van der Waals surface area contributed by atoms with Gasteiger partial charge in [-0.05, 0) is 67.4 Å². The van der Waals surface area contributed by atoms with Crippen molar-refractivity contribution in [3.05, 3.63) is 123 Å². The maximum atomic E-state index is 16.2. The number of nitrogens with one attached hydrogen (secondary N) is 2. The normalized spacial score (nSPS) is 24.4. The molecule has 0 aliphatic carbocycles. The van der Waals surface area contributed by atoms with E-state index < -0.39 is 72.7 Å². The summed E-state index contributed by atoms with van der Waals surface area (Å²) in [5, 5.41) is 39.4. The summed E-state index contributed by atoms with van der Waals surface area (Å²) < 4.78 is 82.1. The molecule has 4 aliphatic heterocycles. The number of aryl methyl sites for hydroxylation is 2. The zero-order valence-corrected chi connectivity index (χ0v) is 41.5. The van der Waals surface area contributed by atoms with Gasteiger partial charge in [0.15, 0.2) is 24.0 Å². The van der Waals surface area contributed by atoms with Crippen LogP contribution in [-0.2, 0) is 19.1 Å². The number of fused-ring (bicyclic) bond motifs is 2. The Morgan fingerprint density at radius 2 is 1.09 bits per heavy atom. The number of nitrogens with zero attached hydrogens (tertiary/aromatic N) is 8. The summed E-state index contributed by atoms with van der Waals surface area (Å²) in [5.74, 6) is -0.712. The number of ether oxygens (including phenoxy) is 4. The number of aliphatic imine (C=N–C) groups is 2. The molecule has 10 atom stereocenters. The predicted octanol–water partition coefficient (Wildman–Crippen LogP) is 3.04. The van der Waals surface area contributed by atoms with Gasteiger partial charge in [0.05, 0.1) is 78.4 Å². The van der Waals surface area contributed by atoms with Gasteiger partial charge in [-0.2, -0.15) is 0 Å². The van der Waals surface area contributed by atoms with Crippen molar-refractivity contribution >= 4 is 29.3 Å². The summed E-state index contributed by atoms with van der Waals surface area (Å²) in [7, 11) is 2.86. The molecule has 10 rings (SSSR count). The number of hydrogen-bond acceptors (Lipinski definition) is 23. The van der Waals surface area contributed by atoms with Gasteiger partial charge in [-0.3, -0.25) is 19.7 Å². The van der Waals surface area contributed by atoms with Crippen molar-refractivity contribution in [3.8, 4) is 34.3 Å². The zero-order valence-electron chi connectivity index (χ0n) is 41.5. The van der Waals surface area contributed by atoms with Crippen LogP contribution in [0.5, 0.6) is 11.8 Å². The zero-order chi connectivity index (χ0) is 54.8. The van der Waals surface area contributed by atoms with Crippen LogP contribution >= 0.6 is 0 Å². The molecule has 406 valence electrons. The van der Waals surface area contributed by atoms with Gasteiger partial charge in [0.1, 0.15) is 73.6 Å². The number of hydrogen-bond donors (Lipinski definition) is 9. The highest BCUT2D eigenvalue weighted by Gasteiger charge is 2.41. The Bertz CT molecular complexity index is 3220. The molecule has 0 amide bonds. The Kier molecular flexibility index (Phi) is 16.0. The third-order valence-corrected chi connectivity index (χ3v) is 12.9. The van der Waals surface area contributed by atoms with Crippen molar-refractivity contribution in [1.82, 2.24) is 40.9 Å². The molecule has 8 heterocycles. The van der Waals surface area contributed by atoms with Crippen LogP contribution < -0.4 is 37.6 Å². The van der Waals surface area contributed by atoms with E-state index in [0.29, 0.717) is 45.3 Å². The molecule has 0 spiro atoms. The lowest BCUT2D eigenvalue weighted by Crippen LogP contribution is -2.38. The van der Waals surface area contributed by atoms with Gasteiger partial charge >= 0.3 is 0 Å². The molecule has 8 unspecified atom stereocenters. The van der Waals surface area contributed by atoms with E-state index in [1.54, 1.807) is 44.2 Å². The lowest BCUT2D eigenvalue weighted by atomic mass is 9.90. The maximum Gasteiger partial charge on any atom is 0.237 e. The highest BCUT2D eigenvalue weighted by Crippen LogP contribution is 2.46. The van der Waals surface area contributed by atoms with Crippen LogP contribution in [-0.4, -0.2) is 139 Å². The molecule has 12 N–H and O–H groups in total. The van der Waals surface area contributed by atoms with Gasteiger partial charge in [0, 0.05) is 17.2 Å². The first-order chi connectivity index (χ1) is 36.9. The van der Waals surface area contributed by atoms with Gasteiger partial charge in [-0.15, -0.1) is 0 Å². The van der Waals surface area contributed by atoms with E-state index in [1.165, 1.54) is 50.6 Å². The smallest absolute Gasteiger partial charge is 0.237 e. The SMILES string of the molecule is COc1cccc(-c2cc(F)ccc2[C@@H]2N=C(NOCC3OCC(O)C3O)c3c(C)nc(N)nc3C2F)n1.COc1nc(-c2cc(F)ccc2[C@@H]2N=C(NOCC3OCC(O)C3O)c3c(C)nc(N)nc3C2F)ccc1N. The topological polar surface area (TPSA) is 340 Å². The standard InChI is InChI=1S/C25H27F2N7O5.C25H26F2N6O5/c1-10-18-21(33-25(29)30-10)19(27)20(32-23(18)34-39-9-17-22(36)16(35)8-38-17)12-4-3-11(26)7-13(12)15-6-5-14(28)24(31-15)37-2;1-11-19-22(32-25(28)29-11)20(27)21(31-24(19)33-38-10-17-23(35)16(34)9-37-17)13-7-6-12(26)8-14(13)15-4-3-5-18(30-15)36-2/h3-7,16-17,19-20,22,35-36H,8-9,28H2,1-2H3,(H,32,34)(H2,29,30,33);3-8,16-17,20-21,23,34-35H,9-10H2,1-2H3,(H,31,33)(H2,28,29,32)/t16?,17?,19?,20-,22?;16?,17?,20?,21-,23?/m00/s1. The van der Waals surface area contributed by atoms with E-state index >= 15 is 8.78 Å². The first-order valence-electron chi connectivity index (χ1n) is 23.8.